The molecule has 1 aliphatic heterocycles. The molecule has 156 valence electrons. The average molecular weight is 436 g/mol. The smallest absolute Gasteiger partial charge is 0.378 e. The number of alkyl halides is 3. The van der Waals surface area contributed by atoms with Crippen LogP contribution in [0.2, 0.25) is 5.02 Å². The summed E-state index contributed by atoms with van der Waals surface area (Å²) < 4.78 is 46.4. The van der Waals surface area contributed by atoms with Crippen molar-refractivity contribution in [1.29, 1.82) is 0 Å². The van der Waals surface area contributed by atoms with E-state index >= 15 is 0 Å². The first-order chi connectivity index (χ1) is 14.3. The number of rotatable bonds is 3. The van der Waals surface area contributed by atoms with Crippen LogP contribution in [0, 0.1) is 0 Å². The van der Waals surface area contributed by atoms with Gasteiger partial charge in [-0.2, -0.15) is 18.3 Å². The van der Waals surface area contributed by atoms with E-state index in [-0.39, 0.29) is 11.6 Å². The molecule has 30 heavy (non-hydrogen) atoms. The summed E-state index contributed by atoms with van der Waals surface area (Å²) in [6, 6.07) is 13.2. The summed E-state index contributed by atoms with van der Waals surface area (Å²) in [5, 5.41) is 4.85. The zero-order chi connectivity index (χ0) is 21.3. The van der Waals surface area contributed by atoms with E-state index in [9.17, 15) is 18.0 Å². The van der Waals surface area contributed by atoms with Crippen LogP contribution >= 0.6 is 11.6 Å². The van der Waals surface area contributed by atoms with Crippen LogP contribution in [-0.4, -0.2) is 46.9 Å². The summed E-state index contributed by atoms with van der Waals surface area (Å²) >= 11 is 6.09. The number of halogens is 4. The van der Waals surface area contributed by atoms with Crippen LogP contribution in [0.25, 0.3) is 16.9 Å². The Morgan fingerprint density at radius 3 is 2.47 bits per heavy atom. The Labute approximate surface area is 175 Å². The molecule has 2 aromatic carbocycles. The molecule has 0 atom stereocenters. The molecular formula is C21H17ClF3N3O2. The number of nitrogens with zero attached hydrogens (tertiary/aromatic N) is 3. The second kappa shape index (κ2) is 8.12. The van der Waals surface area contributed by atoms with E-state index in [1.807, 2.05) is 0 Å². The van der Waals surface area contributed by atoms with Gasteiger partial charge in [-0.1, -0.05) is 29.8 Å². The number of amides is 1. The zero-order valence-corrected chi connectivity index (χ0v) is 16.5. The topological polar surface area (TPSA) is 47.4 Å². The van der Waals surface area contributed by atoms with Gasteiger partial charge in [0.15, 0.2) is 5.69 Å². The third-order valence-electron chi connectivity index (χ3n) is 4.77. The van der Waals surface area contributed by atoms with E-state index in [0.717, 1.165) is 12.1 Å². The van der Waals surface area contributed by atoms with Gasteiger partial charge < -0.3 is 9.64 Å². The molecule has 5 nitrogen and oxygen atoms in total. The predicted molar refractivity (Wildman–Crippen MR) is 106 cm³/mol. The fourth-order valence-electron chi connectivity index (χ4n) is 3.28. The molecule has 0 radical (unpaired) electrons. The lowest BCUT2D eigenvalue weighted by molar-refractivity contribution is -0.137. The summed E-state index contributed by atoms with van der Waals surface area (Å²) in [5.41, 5.74) is 0.554. The Hall–Kier alpha value is -2.84. The number of ether oxygens (including phenoxy) is 1. The Morgan fingerprint density at radius 2 is 1.77 bits per heavy atom. The maximum Gasteiger partial charge on any atom is 0.416 e. The molecular weight excluding hydrogens is 419 g/mol. The quantitative estimate of drug-likeness (QED) is 0.600. The van der Waals surface area contributed by atoms with Crippen molar-refractivity contribution in [3.63, 3.8) is 0 Å². The van der Waals surface area contributed by atoms with Gasteiger partial charge in [0.1, 0.15) is 0 Å². The van der Waals surface area contributed by atoms with Crippen molar-refractivity contribution in [2.75, 3.05) is 26.3 Å². The highest BCUT2D eigenvalue weighted by atomic mass is 35.5. The minimum Gasteiger partial charge on any atom is -0.378 e. The summed E-state index contributed by atoms with van der Waals surface area (Å²) in [4.78, 5) is 14.5. The second-order valence-corrected chi connectivity index (χ2v) is 7.23. The first kappa shape index (κ1) is 20.4. The minimum atomic E-state index is -4.48. The van der Waals surface area contributed by atoms with E-state index in [1.165, 1.54) is 16.8 Å². The monoisotopic (exact) mass is 435 g/mol. The molecule has 1 aromatic heterocycles. The molecule has 0 unspecified atom stereocenters. The number of benzene rings is 2. The van der Waals surface area contributed by atoms with Gasteiger partial charge in [-0.05, 0) is 36.4 Å². The molecule has 2 heterocycles. The maximum atomic E-state index is 13.2. The number of carbonyl (C=O) groups is 1. The Balaban J connectivity index is 1.82. The third kappa shape index (κ3) is 4.20. The molecule has 0 spiro atoms. The number of hydrogen-bond acceptors (Lipinski definition) is 3. The summed E-state index contributed by atoms with van der Waals surface area (Å²) in [6.45, 7) is 1.73. The van der Waals surface area contributed by atoms with Gasteiger partial charge in [-0.15, -0.1) is 0 Å². The van der Waals surface area contributed by atoms with Crippen LogP contribution in [0.3, 0.4) is 0 Å². The minimum absolute atomic E-state index is 0.143. The van der Waals surface area contributed by atoms with Gasteiger partial charge in [0.2, 0.25) is 0 Å². The highest BCUT2D eigenvalue weighted by molar-refractivity contribution is 6.30. The molecule has 1 aliphatic rings. The molecule has 0 N–H and O–H groups in total. The van der Waals surface area contributed by atoms with Gasteiger partial charge in [0, 0.05) is 23.7 Å². The first-order valence-corrected chi connectivity index (χ1v) is 9.61. The SMILES string of the molecule is O=C(c1cc(-c2cccc(C(F)(F)F)c2)n(-c2cccc(Cl)c2)n1)N1CCOCC1. The molecule has 4 rings (SSSR count). The van der Waals surface area contributed by atoms with E-state index < -0.39 is 11.7 Å². The van der Waals surface area contributed by atoms with Gasteiger partial charge in [-0.25, -0.2) is 4.68 Å². The maximum absolute atomic E-state index is 13.2. The molecule has 3 aromatic rings. The van der Waals surface area contributed by atoms with Crippen molar-refractivity contribution in [2.24, 2.45) is 0 Å². The number of carbonyl (C=O) groups excluding carboxylic acids is 1. The normalized spacial score (nSPS) is 14.7. The van der Waals surface area contributed by atoms with E-state index in [4.69, 9.17) is 16.3 Å². The Bertz CT molecular complexity index is 1080. The third-order valence-corrected chi connectivity index (χ3v) is 5.00. The van der Waals surface area contributed by atoms with Gasteiger partial charge >= 0.3 is 6.18 Å². The van der Waals surface area contributed by atoms with Crippen LogP contribution in [-0.2, 0) is 10.9 Å². The van der Waals surface area contributed by atoms with Crippen LogP contribution < -0.4 is 0 Å². The van der Waals surface area contributed by atoms with Crippen molar-refractivity contribution in [3.05, 3.63) is 70.9 Å². The van der Waals surface area contributed by atoms with E-state index in [2.05, 4.69) is 5.10 Å². The number of aromatic nitrogens is 2. The van der Waals surface area contributed by atoms with Crippen molar-refractivity contribution < 1.29 is 22.7 Å². The Kier molecular flexibility index (Phi) is 5.53. The van der Waals surface area contributed by atoms with Crippen LogP contribution in [0.15, 0.2) is 54.6 Å². The largest absolute Gasteiger partial charge is 0.416 e. The first-order valence-electron chi connectivity index (χ1n) is 9.23. The molecule has 0 saturated carbocycles. The molecule has 9 heteroatoms. The lowest BCUT2D eigenvalue weighted by Crippen LogP contribution is -2.40. The van der Waals surface area contributed by atoms with Crippen molar-refractivity contribution in [2.45, 2.75) is 6.18 Å². The number of morpholine rings is 1. The highest BCUT2D eigenvalue weighted by Crippen LogP contribution is 2.33. The zero-order valence-electron chi connectivity index (χ0n) is 15.7. The summed E-state index contributed by atoms with van der Waals surface area (Å²) in [5.74, 6) is -0.299. The number of hydrogen-bond donors (Lipinski definition) is 0. The molecule has 1 saturated heterocycles. The lowest BCUT2D eigenvalue weighted by Gasteiger charge is -2.25. The van der Waals surface area contributed by atoms with E-state index in [1.54, 1.807) is 35.2 Å². The molecule has 1 amide bonds. The van der Waals surface area contributed by atoms with Gasteiger partial charge in [0.05, 0.1) is 30.2 Å². The van der Waals surface area contributed by atoms with Crippen LogP contribution in [0.1, 0.15) is 16.1 Å². The lowest BCUT2D eigenvalue weighted by atomic mass is 10.1. The van der Waals surface area contributed by atoms with Crippen molar-refractivity contribution >= 4 is 17.5 Å². The van der Waals surface area contributed by atoms with Crippen molar-refractivity contribution in [3.8, 4) is 16.9 Å². The van der Waals surface area contributed by atoms with Gasteiger partial charge in [0.25, 0.3) is 5.91 Å². The molecule has 1 fully saturated rings. The summed E-state index contributed by atoms with van der Waals surface area (Å²) in [6.07, 6.45) is -4.48. The molecule has 0 bridgehead atoms. The van der Waals surface area contributed by atoms with Crippen LogP contribution in [0.5, 0.6) is 0 Å². The fraction of sp³-hybridized carbons (Fsp3) is 0.238. The van der Waals surface area contributed by atoms with Crippen LogP contribution in [0.4, 0.5) is 13.2 Å². The van der Waals surface area contributed by atoms with E-state index in [0.29, 0.717) is 48.3 Å². The standard InChI is InChI=1S/C21H17ClF3N3O2/c22-16-5-2-6-17(12-16)28-19(14-3-1-4-15(11-14)21(23,24)25)13-18(26-28)20(29)27-7-9-30-10-8-27/h1-6,11-13H,7-10H2. The predicted octanol–water partition coefficient (Wildman–Crippen LogP) is 4.68. The second-order valence-electron chi connectivity index (χ2n) is 6.79. The summed E-state index contributed by atoms with van der Waals surface area (Å²) in [7, 11) is 0. The average Bonchev–Trinajstić information content (AvgIpc) is 3.19. The van der Waals surface area contributed by atoms with Gasteiger partial charge in [-0.3, -0.25) is 4.79 Å². The Morgan fingerprint density at radius 1 is 1.03 bits per heavy atom. The molecule has 0 aliphatic carbocycles. The van der Waals surface area contributed by atoms with Crippen molar-refractivity contribution in [1.82, 2.24) is 14.7 Å². The highest BCUT2D eigenvalue weighted by Gasteiger charge is 2.31. The fourth-order valence-corrected chi connectivity index (χ4v) is 3.46.